The van der Waals surface area contributed by atoms with Gasteiger partial charge in [0.25, 0.3) is 5.91 Å². The van der Waals surface area contributed by atoms with Gasteiger partial charge in [-0.15, -0.1) is 0 Å². The van der Waals surface area contributed by atoms with Gasteiger partial charge < -0.3 is 14.6 Å². The smallest absolute Gasteiger partial charge is 0.256 e. The van der Waals surface area contributed by atoms with E-state index < -0.39 is 0 Å². The number of hydrogen-bond acceptors (Lipinski definition) is 2. The number of likely N-dealkylation sites (tertiary alicyclic amines) is 1. The molecule has 1 aliphatic heterocycles. The van der Waals surface area contributed by atoms with E-state index in [1.807, 2.05) is 41.3 Å². The number of rotatable bonds is 3. The third kappa shape index (κ3) is 2.89. The maximum atomic E-state index is 13.0. The van der Waals surface area contributed by atoms with Crippen molar-refractivity contribution in [2.45, 2.75) is 18.4 Å². The molecule has 0 unspecified atom stereocenters. The van der Waals surface area contributed by atoms with Gasteiger partial charge in [0.15, 0.2) is 0 Å². The van der Waals surface area contributed by atoms with Gasteiger partial charge in [0.05, 0.1) is 11.2 Å². The van der Waals surface area contributed by atoms with Crippen molar-refractivity contribution in [1.29, 1.82) is 0 Å². The summed E-state index contributed by atoms with van der Waals surface area (Å²) >= 11 is 6.03. The number of carbonyl (C=O) groups is 1. The van der Waals surface area contributed by atoms with Crippen LogP contribution in [0, 0.1) is 0 Å². The van der Waals surface area contributed by atoms with Gasteiger partial charge >= 0.3 is 0 Å². The van der Waals surface area contributed by atoms with Crippen LogP contribution in [0.2, 0.25) is 5.02 Å². The van der Waals surface area contributed by atoms with Crippen LogP contribution >= 0.6 is 11.6 Å². The third-order valence-electron chi connectivity index (χ3n) is 5.42. The van der Waals surface area contributed by atoms with Crippen LogP contribution < -0.4 is 0 Å². The predicted octanol–water partition coefficient (Wildman–Crippen LogP) is 4.60. The third-order valence-corrected chi connectivity index (χ3v) is 5.66. The molecule has 1 aromatic heterocycles. The molecule has 0 saturated carbocycles. The number of fused-ring (bicyclic) bond motifs is 1. The quantitative estimate of drug-likeness (QED) is 0.734. The number of nitrogens with zero attached hydrogens (tertiary/aromatic N) is 1. The molecule has 5 heteroatoms. The number of benzene rings is 2. The summed E-state index contributed by atoms with van der Waals surface area (Å²) in [6.07, 6.45) is 3.35. The minimum atomic E-state index is -0.314. The number of carbonyl (C=O) groups excluding carboxylic acids is 1. The SMILES string of the molecule is COC1(c2ccccc2)CCN(C(=O)c2c[nH]c3cc(Cl)ccc23)CC1. The summed E-state index contributed by atoms with van der Waals surface area (Å²) in [5, 5.41) is 1.56. The molecule has 1 fully saturated rings. The summed E-state index contributed by atoms with van der Waals surface area (Å²) < 4.78 is 5.91. The Bertz CT molecular complexity index is 928. The molecule has 3 aromatic rings. The number of aromatic nitrogens is 1. The monoisotopic (exact) mass is 368 g/mol. The predicted molar refractivity (Wildman–Crippen MR) is 104 cm³/mol. The Kier molecular flexibility index (Phi) is 4.47. The van der Waals surface area contributed by atoms with Crippen LogP contribution in [0.3, 0.4) is 0 Å². The number of hydrogen-bond donors (Lipinski definition) is 1. The Labute approximate surface area is 157 Å². The van der Waals surface area contributed by atoms with Crippen LogP contribution in [0.1, 0.15) is 28.8 Å². The first kappa shape index (κ1) is 17.1. The van der Waals surface area contributed by atoms with E-state index in [4.69, 9.17) is 16.3 Å². The molecule has 4 nitrogen and oxygen atoms in total. The molecule has 2 heterocycles. The molecule has 0 spiro atoms. The number of ether oxygens (including phenoxy) is 1. The highest BCUT2D eigenvalue weighted by Crippen LogP contribution is 2.36. The average Bonchev–Trinajstić information content (AvgIpc) is 3.11. The Balaban J connectivity index is 1.54. The fourth-order valence-electron chi connectivity index (χ4n) is 3.87. The number of H-pyrrole nitrogens is 1. The van der Waals surface area contributed by atoms with Crippen molar-refractivity contribution in [3.63, 3.8) is 0 Å². The molecule has 134 valence electrons. The largest absolute Gasteiger partial charge is 0.373 e. The zero-order valence-electron chi connectivity index (χ0n) is 14.7. The van der Waals surface area contributed by atoms with Crippen LogP contribution in [0.4, 0.5) is 0 Å². The van der Waals surface area contributed by atoms with Crippen molar-refractivity contribution in [2.75, 3.05) is 20.2 Å². The van der Waals surface area contributed by atoms with Gasteiger partial charge in [0, 0.05) is 42.3 Å². The first-order valence-electron chi connectivity index (χ1n) is 8.79. The Morgan fingerprint density at radius 3 is 2.58 bits per heavy atom. The number of methoxy groups -OCH3 is 1. The zero-order chi connectivity index (χ0) is 18.1. The fraction of sp³-hybridized carbons (Fsp3) is 0.286. The standard InChI is InChI=1S/C21H21ClN2O2/c1-26-21(15-5-3-2-4-6-15)9-11-24(12-10-21)20(25)18-14-23-19-13-16(22)7-8-17(18)19/h2-8,13-14,23H,9-12H2,1H3. The van der Waals surface area contributed by atoms with Gasteiger partial charge in [-0.1, -0.05) is 48.0 Å². The molecule has 1 amide bonds. The normalized spacial score (nSPS) is 16.8. The molecule has 0 bridgehead atoms. The van der Waals surface area contributed by atoms with Gasteiger partial charge in [-0.3, -0.25) is 4.79 Å². The highest BCUT2D eigenvalue weighted by atomic mass is 35.5. The summed E-state index contributed by atoms with van der Waals surface area (Å²) in [6.45, 7) is 1.34. The summed E-state index contributed by atoms with van der Waals surface area (Å²) in [7, 11) is 1.76. The van der Waals surface area contributed by atoms with E-state index in [-0.39, 0.29) is 11.5 Å². The number of amides is 1. The summed E-state index contributed by atoms with van der Waals surface area (Å²) in [5.74, 6) is 0.0522. The molecule has 1 saturated heterocycles. The highest BCUT2D eigenvalue weighted by molar-refractivity contribution is 6.31. The van der Waals surface area contributed by atoms with Gasteiger partial charge in [0.1, 0.15) is 0 Å². The fourth-order valence-corrected chi connectivity index (χ4v) is 4.04. The van der Waals surface area contributed by atoms with Crippen LogP contribution in [0.5, 0.6) is 0 Å². The summed E-state index contributed by atoms with van der Waals surface area (Å²) in [5.41, 5.74) is 2.44. The molecular weight excluding hydrogens is 348 g/mol. The van der Waals surface area contributed by atoms with Crippen molar-refractivity contribution in [3.8, 4) is 0 Å². The van der Waals surface area contributed by atoms with Gasteiger partial charge in [-0.2, -0.15) is 0 Å². The lowest BCUT2D eigenvalue weighted by Gasteiger charge is -2.41. The number of halogens is 1. The van der Waals surface area contributed by atoms with Crippen LogP contribution in [-0.4, -0.2) is 36.0 Å². The summed E-state index contributed by atoms with van der Waals surface area (Å²) in [6, 6.07) is 15.8. The Morgan fingerprint density at radius 1 is 1.15 bits per heavy atom. The zero-order valence-corrected chi connectivity index (χ0v) is 15.4. The molecule has 0 aliphatic carbocycles. The van der Waals surface area contributed by atoms with E-state index in [2.05, 4.69) is 17.1 Å². The maximum absolute atomic E-state index is 13.0. The van der Waals surface area contributed by atoms with Crippen molar-refractivity contribution < 1.29 is 9.53 Å². The molecule has 1 N–H and O–H groups in total. The van der Waals surface area contributed by atoms with E-state index in [0.29, 0.717) is 23.7 Å². The molecule has 4 rings (SSSR count). The number of nitrogens with one attached hydrogen (secondary N) is 1. The lowest BCUT2D eigenvalue weighted by atomic mass is 9.84. The van der Waals surface area contributed by atoms with E-state index in [9.17, 15) is 4.79 Å². The van der Waals surface area contributed by atoms with Gasteiger partial charge in [0.2, 0.25) is 0 Å². The molecule has 2 aromatic carbocycles. The first-order valence-corrected chi connectivity index (χ1v) is 9.17. The minimum absolute atomic E-state index is 0.0522. The Hall–Kier alpha value is -2.30. The first-order chi connectivity index (χ1) is 12.6. The Morgan fingerprint density at radius 2 is 1.88 bits per heavy atom. The topological polar surface area (TPSA) is 45.3 Å². The highest BCUT2D eigenvalue weighted by Gasteiger charge is 2.37. The minimum Gasteiger partial charge on any atom is -0.373 e. The number of piperidine rings is 1. The maximum Gasteiger partial charge on any atom is 0.256 e. The lowest BCUT2D eigenvalue weighted by Crippen LogP contribution is -2.46. The molecule has 26 heavy (non-hydrogen) atoms. The van der Waals surface area contributed by atoms with Crippen LogP contribution in [0.15, 0.2) is 54.7 Å². The van der Waals surface area contributed by atoms with Gasteiger partial charge in [-0.25, -0.2) is 0 Å². The van der Waals surface area contributed by atoms with Gasteiger partial charge in [-0.05, 0) is 30.5 Å². The van der Waals surface area contributed by atoms with Crippen molar-refractivity contribution in [2.24, 2.45) is 0 Å². The van der Waals surface area contributed by atoms with Crippen molar-refractivity contribution in [3.05, 3.63) is 70.9 Å². The number of aromatic amines is 1. The summed E-state index contributed by atoms with van der Waals surface area (Å²) in [4.78, 5) is 18.1. The van der Waals surface area contributed by atoms with E-state index >= 15 is 0 Å². The van der Waals surface area contributed by atoms with E-state index in [1.54, 1.807) is 13.3 Å². The van der Waals surface area contributed by atoms with Crippen molar-refractivity contribution >= 4 is 28.4 Å². The van der Waals surface area contributed by atoms with Crippen molar-refractivity contribution in [1.82, 2.24) is 9.88 Å². The second-order valence-electron chi connectivity index (χ2n) is 6.75. The second kappa shape index (κ2) is 6.78. The second-order valence-corrected chi connectivity index (χ2v) is 7.19. The van der Waals surface area contributed by atoms with E-state index in [1.165, 1.54) is 5.56 Å². The molecule has 0 radical (unpaired) electrons. The lowest BCUT2D eigenvalue weighted by molar-refractivity contribution is -0.0574. The van der Waals surface area contributed by atoms with Crippen LogP contribution in [0.25, 0.3) is 10.9 Å². The van der Waals surface area contributed by atoms with Crippen LogP contribution in [-0.2, 0) is 10.3 Å². The molecule has 0 atom stereocenters. The molecular formula is C21H21ClN2O2. The average molecular weight is 369 g/mol. The molecule has 1 aliphatic rings. The van der Waals surface area contributed by atoms with E-state index in [0.717, 1.165) is 23.7 Å².